The number of hydrogen-bond acceptors (Lipinski definition) is 6. The van der Waals surface area contributed by atoms with Gasteiger partial charge in [0.15, 0.2) is 5.13 Å². The summed E-state index contributed by atoms with van der Waals surface area (Å²) < 4.78 is 2.56. The number of thiazole rings is 1. The van der Waals surface area contributed by atoms with Crippen LogP contribution in [0.1, 0.15) is 31.7 Å². The van der Waals surface area contributed by atoms with Crippen LogP contribution in [0, 0.1) is 0 Å². The van der Waals surface area contributed by atoms with E-state index in [-0.39, 0.29) is 24.4 Å². The molecular formula is C20H20N4O2S2. The summed E-state index contributed by atoms with van der Waals surface area (Å²) >= 11 is 2.91. The zero-order valence-corrected chi connectivity index (χ0v) is 17.1. The monoisotopic (exact) mass is 412 g/mol. The van der Waals surface area contributed by atoms with Crippen LogP contribution in [0.15, 0.2) is 40.8 Å². The van der Waals surface area contributed by atoms with Gasteiger partial charge in [-0.25, -0.2) is 9.97 Å². The van der Waals surface area contributed by atoms with Crippen LogP contribution in [0.4, 0.5) is 5.13 Å². The highest BCUT2D eigenvalue weighted by atomic mass is 32.1. The van der Waals surface area contributed by atoms with Gasteiger partial charge in [0, 0.05) is 13.0 Å². The van der Waals surface area contributed by atoms with Gasteiger partial charge in [-0.2, -0.15) is 0 Å². The second-order valence-corrected chi connectivity index (χ2v) is 8.53. The van der Waals surface area contributed by atoms with Crippen molar-refractivity contribution in [3.8, 4) is 0 Å². The lowest BCUT2D eigenvalue weighted by Gasteiger charge is -2.05. The van der Waals surface area contributed by atoms with Gasteiger partial charge < -0.3 is 5.32 Å². The third kappa shape index (κ3) is 3.98. The first-order chi connectivity index (χ1) is 13.6. The first-order valence-electron chi connectivity index (χ1n) is 9.26. The molecule has 28 heavy (non-hydrogen) atoms. The summed E-state index contributed by atoms with van der Waals surface area (Å²) in [4.78, 5) is 34.2. The van der Waals surface area contributed by atoms with Crippen molar-refractivity contribution in [1.29, 1.82) is 0 Å². The number of nitrogens with zero attached hydrogens (tertiary/aromatic N) is 3. The van der Waals surface area contributed by atoms with Crippen molar-refractivity contribution in [2.24, 2.45) is 0 Å². The van der Waals surface area contributed by atoms with Gasteiger partial charge in [-0.3, -0.25) is 14.2 Å². The number of anilines is 1. The fourth-order valence-electron chi connectivity index (χ4n) is 3.02. The Morgan fingerprint density at radius 3 is 3.04 bits per heavy atom. The van der Waals surface area contributed by atoms with Gasteiger partial charge in [-0.1, -0.05) is 30.7 Å². The van der Waals surface area contributed by atoms with Crippen molar-refractivity contribution in [3.63, 3.8) is 0 Å². The summed E-state index contributed by atoms with van der Waals surface area (Å²) in [5, 5.41) is 5.88. The van der Waals surface area contributed by atoms with E-state index in [1.807, 2.05) is 11.4 Å². The van der Waals surface area contributed by atoms with Gasteiger partial charge in [0.2, 0.25) is 5.91 Å². The number of carbonyl (C=O) groups excluding carboxylic acids is 1. The predicted octanol–water partition coefficient (Wildman–Crippen LogP) is 4.44. The lowest BCUT2D eigenvalue weighted by atomic mass is 10.1. The topological polar surface area (TPSA) is 76.9 Å². The number of aryl methyl sites for hydroxylation is 2. The fraction of sp³-hybridized carbons (Fsp3) is 0.300. The number of amides is 1. The molecule has 0 spiro atoms. The van der Waals surface area contributed by atoms with E-state index in [2.05, 4.69) is 34.3 Å². The molecule has 0 saturated heterocycles. The number of carbonyl (C=O) groups is 1. The Morgan fingerprint density at radius 2 is 2.18 bits per heavy atom. The maximum Gasteiger partial charge on any atom is 0.262 e. The average Bonchev–Trinajstić information content (AvgIpc) is 3.32. The molecular weight excluding hydrogens is 392 g/mol. The van der Waals surface area contributed by atoms with Gasteiger partial charge in [-0.15, -0.1) is 11.3 Å². The summed E-state index contributed by atoms with van der Waals surface area (Å²) in [6, 6.07) is 8.03. The van der Waals surface area contributed by atoms with E-state index >= 15 is 0 Å². The van der Waals surface area contributed by atoms with Crippen LogP contribution in [-0.2, 0) is 17.8 Å². The van der Waals surface area contributed by atoms with Crippen molar-refractivity contribution in [3.05, 3.63) is 51.9 Å². The second kappa shape index (κ2) is 8.20. The van der Waals surface area contributed by atoms with Crippen LogP contribution in [0.3, 0.4) is 0 Å². The second-order valence-electron chi connectivity index (χ2n) is 6.61. The SMILES string of the molecule is CCCCc1ccc2nc(NC(=O)CCn3cnc4sccc4c3=O)sc2c1. The number of nitrogens with one attached hydrogen (secondary N) is 1. The van der Waals surface area contributed by atoms with Gasteiger partial charge in [0.1, 0.15) is 4.83 Å². The summed E-state index contributed by atoms with van der Waals surface area (Å²) in [5.74, 6) is -0.164. The minimum absolute atomic E-state index is 0.112. The molecule has 0 aliphatic carbocycles. The summed E-state index contributed by atoms with van der Waals surface area (Å²) in [6.45, 7) is 2.47. The number of unbranched alkanes of at least 4 members (excludes halogenated alkanes) is 1. The highest BCUT2D eigenvalue weighted by Gasteiger charge is 2.10. The first kappa shape index (κ1) is 18.8. The molecule has 8 heteroatoms. The van der Waals surface area contributed by atoms with E-state index in [0.717, 1.165) is 21.5 Å². The lowest BCUT2D eigenvalue weighted by molar-refractivity contribution is -0.116. The molecule has 4 rings (SSSR count). The van der Waals surface area contributed by atoms with Gasteiger partial charge in [0.05, 0.1) is 21.9 Å². The third-order valence-corrected chi connectivity index (χ3v) is 6.30. The Hall–Kier alpha value is -2.58. The van der Waals surface area contributed by atoms with Crippen LogP contribution in [-0.4, -0.2) is 20.4 Å². The number of hydrogen-bond donors (Lipinski definition) is 1. The van der Waals surface area contributed by atoms with E-state index in [9.17, 15) is 9.59 Å². The molecule has 0 radical (unpaired) electrons. The molecule has 0 saturated carbocycles. The predicted molar refractivity (Wildman–Crippen MR) is 115 cm³/mol. The maximum atomic E-state index is 12.4. The molecule has 0 atom stereocenters. The number of fused-ring (bicyclic) bond motifs is 2. The van der Waals surface area contributed by atoms with Crippen LogP contribution in [0.5, 0.6) is 0 Å². The minimum atomic E-state index is -0.164. The van der Waals surface area contributed by atoms with Crippen LogP contribution >= 0.6 is 22.7 Å². The molecule has 1 aromatic carbocycles. The fourth-order valence-corrected chi connectivity index (χ4v) is 4.68. The molecule has 1 N–H and O–H groups in total. The third-order valence-electron chi connectivity index (χ3n) is 4.55. The molecule has 1 amide bonds. The van der Waals surface area contributed by atoms with Crippen molar-refractivity contribution in [2.75, 3.05) is 5.32 Å². The molecule has 3 heterocycles. The zero-order chi connectivity index (χ0) is 19.5. The van der Waals surface area contributed by atoms with E-state index in [0.29, 0.717) is 10.5 Å². The molecule has 3 aromatic heterocycles. The quantitative estimate of drug-likeness (QED) is 0.487. The van der Waals surface area contributed by atoms with Crippen molar-refractivity contribution >= 4 is 54.1 Å². The summed E-state index contributed by atoms with van der Waals surface area (Å²) in [5.41, 5.74) is 2.08. The first-order valence-corrected chi connectivity index (χ1v) is 11.0. The standard InChI is InChI=1S/C20H20N4O2S2/c1-2-3-4-13-5-6-15-16(11-13)28-20(22-15)23-17(25)7-9-24-12-21-18-14(19(24)26)8-10-27-18/h5-6,8,10-12H,2-4,7,9H2,1H3,(H,22,23,25). The van der Waals surface area contributed by atoms with Crippen LogP contribution in [0.2, 0.25) is 0 Å². The molecule has 0 aliphatic rings. The number of aromatic nitrogens is 3. The number of benzene rings is 1. The molecule has 0 bridgehead atoms. The zero-order valence-electron chi connectivity index (χ0n) is 15.5. The van der Waals surface area contributed by atoms with E-state index in [4.69, 9.17) is 0 Å². The molecule has 0 aliphatic heterocycles. The number of thiophene rings is 1. The van der Waals surface area contributed by atoms with E-state index < -0.39 is 0 Å². The van der Waals surface area contributed by atoms with Gasteiger partial charge in [0.25, 0.3) is 5.56 Å². The highest BCUT2D eigenvalue weighted by molar-refractivity contribution is 7.22. The molecule has 0 fully saturated rings. The smallest absolute Gasteiger partial charge is 0.262 e. The molecule has 4 aromatic rings. The van der Waals surface area contributed by atoms with E-state index in [1.54, 1.807) is 6.07 Å². The van der Waals surface area contributed by atoms with Gasteiger partial charge in [-0.05, 0) is 42.0 Å². The Balaban J connectivity index is 1.41. The average molecular weight is 413 g/mol. The number of rotatable bonds is 7. The molecule has 144 valence electrons. The minimum Gasteiger partial charge on any atom is -0.302 e. The molecule has 0 unspecified atom stereocenters. The van der Waals surface area contributed by atoms with Crippen LogP contribution < -0.4 is 10.9 Å². The largest absolute Gasteiger partial charge is 0.302 e. The Bertz CT molecular complexity index is 1190. The van der Waals surface area contributed by atoms with Crippen molar-refractivity contribution in [1.82, 2.24) is 14.5 Å². The van der Waals surface area contributed by atoms with Crippen molar-refractivity contribution < 1.29 is 4.79 Å². The summed E-state index contributed by atoms with van der Waals surface area (Å²) in [7, 11) is 0. The van der Waals surface area contributed by atoms with Crippen molar-refractivity contribution in [2.45, 2.75) is 39.2 Å². The molecule has 6 nitrogen and oxygen atoms in total. The summed E-state index contributed by atoms with van der Waals surface area (Å²) in [6.07, 6.45) is 5.08. The van der Waals surface area contributed by atoms with Crippen LogP contribution in [0.25, 0.3) is 20.4 Å². The Kier molecular flexibility index (Phi) is 5.50. The Morgan fingerprint density at radius 1 is 1.29 bits per heavy atom. The normalized spacial score (nSPS) is 11.3. The Labute approximate surface area is 169 Å². The maximum absolute atomic E-state index is 12.4. The van der Waals surface area contributed by atoms with E-state index in [1.165, 1.54) is 52.0 Å². The van der Waals surface area contributed by atoms with Gasteiger partial charge >= 0.3 is 0 Å². The lowest BCUT2D eigenvalue weighted by Crippen LogP contribution is -2.23. The highest BCUT2D eigenvalue weighted by Crippen LogP contribution is 2.27.